The Kier molecular flexibility index (Phi) is 5.25. The van der Waals surface area contributed by atoms with Gasteiger partial charge in [-0.25, -0.2) is 4.98 Å². The van der Waals surface area contributed by atoms with E-state index in [-0.39, 0.29) is 0 Å². The van der Waals surface area contributed by atoms with Crippen LogP contribution in [0, 0.1) is 6.92 Å². The lowest BCUT2D eigenvalue weighted by atomic mass is 10.2. The van der Waals surface area contributed by atoms with Crippen LogP contribution >= 0.6 is 0 Å². The molecule has 0 unspecified atom stereocenters. The van der Waals surface area contributed by atoms with E-state index in [1.807, 2.05) is 0 Å². The van der Waals surface area contributed by atoms with Gasteiger partial charge >= 0.3 is 0 Å². The van der Waals surface area contributed by atoms with Crippen LogP contribution in [0.15, 0.2) is 6.20 Å². The summed E-state index contributed by atoms with van der Waals surface area (Å²) in [5.41, 5.74) is 1.11. The molecule has 0 saturated heterocycles. The molecule has 1 aliphatic rings. The molecule has 1 saturated carbocycles. The average molecular weight is 264 g/mol. The highest BCUT2D eigenvalue weighted by molar-refractivity contribution is 5.30. The first-order chi connectivity index (χ1) is 9.22. The Balaban J connectivity index is 1.94. The summed E-state index contributed by atoms with van der Waals surface area (Å²) in [6.45, 7) is 10.9. The Bertz CT molecular complexity index is 375. The van der Waals surface area contributed by atoms with Crippen molar-refractivity contribution < 1.29 is 0 Å². The van der Waals surface area contributed by atoms with Gasteiger partial charge in [0.25, 0.3) is 0 Å². The van der Waals surface area contributed by atoms with E-state index in [9.17, 15) is 0 Å². The molecule has 108 valence electrons. The average Bonchev–Trinajstić information content (AvgIpc) is 3.01. The fourth-order valence-corrected chi connectivity index (χ4v) is 2.87. The number of nitrogens with one attached hydrogen (secondary N) is 1. The van der Waals surface area contributed by atoms with Crippen LogP contribution in [0.5, 0.6) is 0 Å². The Labute approximate surface area is 117 Å². The standard InChI is InChI=1S/C15H28N4/c1-4-18(5-2)10-11-19-12-13(3)16-15(19)17-14-8-6-7-9-14/h12,14H,4-11H2,1-3H3,(H,16,17). The summed E-state index contributed by atoms with van der Waals surface area (Å²) in [6, 6.07) is 0.633. The Morgan fingerprint density at radius 3 is 2.63 bits per heavy atom. The molecule has 0 spiro atoms. The van der Waals surface area contributed by atoms with Crippen LogP contribution in [-0.2, 0) is 6.54 Å². The predicted molar refractivity (Wildman–Crippen MR) is 80.6 cm³/mol. The number of anilines is 1. The highest BCUT2D eigenvalue weighted by Crippen LogP contribution is 2.22. The van der Waals surface area contributed by atoms with Crippen molar-refractivity contribution in [2.45, 2.75) is 59.0 Å². The van der Waals surface area contributed by atoms with Crippen LogP contribution in [0.4, 0.5) is 5.95 Å². The van der Waals surface area contributed by atoms with Crippen LogP contribution in [0.1, 0.15) is 45.2 Å². The lowest BCUT2D eigenvalue weighted by Gasteiger charge is -2.20. The molecule has 19 heavy (non-hydrogen) atoms. The number of rotatable bonds is 7. The van der Waals surface area contributed by atoms with Gasteiger partial charge in [-0.2, -0.15) is 0 Å². The minimum absolute atomic E-state index is 0.633. The van der Waals surface area contributed by atoms with E-state index in [0.29, 0.717) is 6.04 Å². The van der Waals surface area contributed by atoms with Crippen molar-refractivity contribution in [3.63, 3.8) is 0 Å². The van der Waals surface area contributed by atoms with Crippen molar-refractivity contribution in [1.29, 1.82) is 0 Å². The van der Waals surface area contributed by atoms with E-state index in [2.05, 4.69) is 46.7 Å². The minimum atomic E-state index is 0.633. The molecule has 0 atom stereocenters. The summed E-state index contributed by atoms with van der Waals surface area (Å²) in [5.74, 6) is 1.07. The molecule has 4 heteroatoms. The zero-order valence-electron chi connectivity index (χ0n) is 12.7. The second kappa shape index (κ2) is 6.94. The summed E-state index contributed by atoms with van der Waals surface area (Å²) in [5, 5.41) is 3.62. The zero-order valence-corrected chi connectivity index (χ0v) is 12.7. The first-order valence-corrected chi connectivity index (χ1v) is 7.75. The molecule has 0 aliphatic heterocycles. The Hall–Kier alpha value is -1.03. The van der Waals surface area contributed by atoms with Crippen LogP contribution in [-0.4, -0.2) is 40.1 Å². The molecule has 0 radical (unpaired) electrons. The third kappa shape index (κ3) is 3.96. The number of likely N-dealkylation sites (N-methyl/N-ethyl adjacent to an activating group) is 1. The molecular formula is C15H28N4. The number of aryl methyl sites for hydroxylation is 1. The van der Waals surface area contributed by atoms with Crippen molar-refractivity contribution in [2.75, 3.05) is 25.0 Å². The molecule has 0 aromatic carbocycles. The second-order valence-electron chi connectivity index (χ2n) is 5.55. The van der Waals surface area contributed by atoms with Crippen LogP contribution in [0.3, 0.4) is 0 Å². The fraction of sp³-hybridized carbons (Fsp3) is 0.800. The molecule has 1 heterocycles. The summed E-state index contributed by atoms with van der Waals surface area (Å²) in [7, 11) is 0. The molecule has 4 nitrogen and oxygen atoms in total. The van der Waals surface area contributed by atoms with Crippen molar-refractivity contribution >= 4 is 5.95 Å². The van der Waals surface area contributed by atoms with Gasteiger partial charge in [-0.15, -0.1) is 0 Å². The highest BCUT2D eigenvalue weighted by atomic mass is 15.2. The van der Waals surface area contributed by atoms with Gasteiger partial charge in [0, 0.05) is 25.3 Å². The van der Waals surface area contributed by atoms with Gasteiger partial charge in [-0.05, 0) is 32.9 Å². The molecule has 2 rings (SSSR count). The van der Waals surface area contributed by atoms with Crippen molar-refractivity contribution in [2.24, 2.45) is 0 Å². The predicted octanol–water partition coefficient (Wildman–Crippen LogP) is 2.89. The first kappa shape index (κ1) is 14.4. The number of hydrogen-bond acceptors (Lipinski definition) is 3. The van der Waals surface area contributed by atoms with Crippen LogP contribution in [0.25, 0.3) is 0 Å². The van der Waals surface area contributed by atoms with E-state index >= 15 is 0 Å². The van der Waals surface area contributed by atoms with E-state index in [4.69, 9.17) is 0 Å². The molecule has 1 aromatic heterocycles. The lowest BCUT2D eigenvalue weighted by molar-refractivity contribution is 0.291. The maximum Gasteiger partial charge on any atom is 0.203 e. The van der Waals surface area contributed by atoms with E-state index in [0.717, 1.165) is 37.8 Å². The maximum absolute atomic E-state index is 4.64. The third-order valence-electron chi connectivity index (χ3n) is 4.14. The fourth-order valence-electron chi connectivity index (χ4n) is 2.87. The lowest BCUT2D eigenvalue weighted by Crippen LogP contribution is -2.27. The van der Waals surface area contributed by atoms with Crippen LogP contribution < -0.4 is 5.32 Å². The van der Waals surface area contributed by atoms with Gasteiger partial charge in [-0.3, -0.25) is 0 Å². The van der Waals surface area contributed by atoms with Gasteiger partial charge in [-0.1, -0.05) is 26.7 Å². The molecule has 1 fully saturated rings. The summed E-state index contributed by atoms with van der Waals surface area (Å²) in [4.78, 5) is 7.09. The quantitative estimate of drug-likeness (QED) is 0.822. The molecule has 0 bridgehead atoms. The van der Waals surface area contributed by atoms with E-state index < -0.39 is 0 Å². The number of nitrogens with zero attached hydrogens (tertiary/aromatic N) is 3. The van der Waals surface area contributed by atoms with Gasteiger partial charge in [0.2, 0.25) is 5.95 Å². The summed E-state index contributed by atoms with van der Waals surface area (Å²) >= 11 is 0. The van der Waals surface area contributed by atoms with E-state index in [1.54, 1.807) is 0 Å². The number of hydrogen-bond donors (Lipinski definition) is 1. The number of imidazole rings is 1. The Morgan fingerprint density at radius 2 is 2.00 bits per heavy atom. The second-order valence-corrected chi connectivity index (χ2v) is 5.55. The number of aromatic nitrogens is 2. The van der Waals surface area contributed by atoms with Crippen molar-refractivity contribution in [1.82, 2.24) is 14.5 Å². The van der Waals surface area contributed by atoms with Gasteiger partial charge < -0.3 is 14.8 Å². The first-order valence-electron chi connectivity index (χ1n) is 7.75. The van der Waals surface area contributed by atoms with Gasteiger partial charge in [0.05, 0.1) is 5.69 Å². The smallest absolute Gasteiger partial charge is 0.203 e. The van der Waals surface area contributed by atoms with Gasteiger partial charge in [0.1, 0.15) is 0 Å². The minimum Gasteiger partial charge on any atom is -0.353 e. The van der Waals surface area contributed by atoms with Crippen LogP contribution in [0.2, 0.25) is 0 Å². The van der Waals surface area contributed by atoms with Crippen molar-refractivity contribution in [3.8, 4) is 0 Å². The normalized spacial score (nSPS) is 16.4. The Morgan fingerprint density at radius 1 is 1.32 bits per heavy atom. The molecular weight excluding hydrogens is 236 g/mol. The zero-order chi connectivity index (χ0) is 13.7. The molecule has 0 amide bonds. The maximum atomic E-state index is 4.64. The largest absolute Gasteiger partial charge is 0.353 e. The van der Waals surface area contributed by atoms with Gasteiger partial charge in [0.15, 0.2) is 0 Å². The highest BCUT2D eigenvalue weighted by Gasteiger charge is 2.17. The molecule has 1 aliphatic carbocycles. The third-order valence-corrected chi connectivity index (χ3v) is 4.14. The topological polar surface area (TPSA) is 33.1 Å². The summed E-state index contributed by atoms with van der Waals surface area (Å²) < 4.78 is 2.28. The monoisotopic (exact) mass is 264 g/mol. The molecule has 1 N–H and O–H groups in total. The SMILES string of the molecule is CCN(CC)CCn1cc(C)nc1NC1CCCC1. The molecule has 1 aromatic rings. The van der Waals surface area contributed by atoms with E-state index in [1.165, 1.54) is 25.7 Å². The summed E-state index contributed by atoms with van der Waals surface area (Å²) in [6.07, 6.45) is 7.47. The van der Waals surface area contributed by atoms with Crippen molar-refractivity contribution in [3.05, 3.63) is 11.9 Å².